The first-order valence-electron chi connectivity index (χ1n) is 6.75. The molecule has 0 aliphatic rings. The van der Waals surface area contributed by atoms with E-state index in [1.807, 2.05) is 19.1 Å². The number of aromatic amines is 1. The normalized spacial score (nSPS) is 10.4. The molecular formula is C15H13N5O2. The minimum Gasteiger partial charge on any atom is -0.493 e. The van der Waals surface area contributed by atoms with Crippen molar-refractivity contribution >= 4 is 11.0 Å². The molecule has 110 valence electrons. The van der Waals surface area contributed by atoms with Gasteiger partial charge in [0.1, 0.15) is 28.9 Å². The molecule has 1 N–H and O–H groups in total. The van der Waals surface area contributed by atoms with Gasteiger partial charge in [0.05, 0.1) is 30.1 Å². The van der Waals surface area contributed by atoms with E-state index in [4.69, 9.17) is 14.7 Å². The van der Waals surface area contributed by atoms with Gasteiger partial charge in [0.25, 0.3) is 0 Å². The van der Waals surface area contributed by atoms with Crippen LogP contribution in [0.1, 0.15) is 6.92 Å². The van der Waals surface area contributed by atoms with Crippen molar-refractivity contribution in [2.45, 2.75) is 6.92 Å². The smallest absolute Gasteiger partial charge is 0.174 e. The molecule has 0 bridgehead atoms. The lowest BCUT2D eigenvalue weighted by Gasteiger charge is -2.10. The van der Waals surface area contributed by atoms with Crippen molar-refractivity contribution in [3.63, 3.8) is 0 Å². The maximum atomic E-state index is 8.58. The molecule has 1 aromatic carbocycles. The van der Waals surface area contributed by atoms with Crippen LogP contribution in [-0.4, -0.2) is 33.4 Å². The molecule has 0 fully saturated rings. The molecule has 2 aromatic heterocycles. The van der Waals surface area contributed by atoms with Crippen molar-refractivity contribution < 1.29 is 9.47 Å². The second-order valence-corrected chi connectivity index (χ2v) is 4.41. The Morgan fingerprint density at radius 2 is 2.09 bits per heavy atom. The van der Waals surface area contributed by atoms with Crippen LogP contribution in [0.5, 0.6) is 11.5 Å². The molecule has 0 aliphatic carbocycles. The fourth-order valence-corrected chi connectivity index (χ4v) is 2.08. The Balaban J connectivity index is 2.02. The molecule has 0 atom stereocenters. The van der Waals surface area contributed by atoms with Crippen molar-refractivity contribution in [3.8, 4) is 29.0 Å². The van der Waals surface area contributed by atoms with Crippen molar-refractivity contribution in [3.05, 3.63) is 30.6 Å². The highest BCUT2D eigenvalue weighted by molar-refractivity contribution is 5.79. The third-order valence-electron chi connectivity index (χ3n) is 3.01. The molecule has 22 heavy (non-hydrogen) atoms. The highest BCUT2D eigenvalue weighted by atomic mass is 16.5. The number of H-pyrrole nitrogens is 1. The molecular weight excluding hydrogens is 282 g/mol. The lowest BCUT2D eigenvalue weighted by molar-refractivity contribution is 0.333. The first-order valence-corrected chi connectivity index (χ1v) is 6.75. The van der Waals surface area contributed by atoms with Crippen molar-refractivity contribution in [1.82, 2.24) is 20.2 Å². The van der Waals surface area contributed by atoms with Gasteiger partial charge in [-0.1, -0.05) is 0 Å². The van der Waals surface area contributed by atoms with Gasteiger partial charge in [-0.05, 0) is 19.1 Å². The number of rotatable bonds is 5. The molecule has 0 saturated carbocycles. The topological polar surface area (TPSA) is 96.7 Å². The maximum Gasteiger partial charge on any atom is 0.174 e. The van der Waals surface area contributed by atoms with Crippen LogP contribution in [0.3, 0.4) is 0 Å². The van der Waals surface area contributed by atoms with Crippen LogP contribution in [0, 0.1) is 11.3 Å². The summed E-state index contributed by atoms with van der Waals surface area (Å²) in [6.07, 6.45) is 3.22. The van der Waals surface area contributed by atoms with Crippen LogP contribution in [0.2, 0.25) is 0 Å². The summed E-state index contributed by atoms with van der Waals surface area (Å²) in [7, 11) is 0. The summed E-state index contributed by atoms with van der Waals surface area (Å²) in [5.41, 5.74) is 2.34. The number of ether oxygens (including phenoxy) is 2. The van der Waals surface area contributed by atoms with Gasteiger partial charge in [-0.25, -0.2) is 4.98 Å². The Morgan fingerprint density at radius 1 is 1.23 bits per heavy atom. The fraction of sp³-hybridized carbons (Fsp3) is 0.200. The molecule has 0 unspecified atom stereocenters. The monoisotopic (exact) mass is 295 g/mol. The Labute approximate surface area is 126 Å². The van der Waals surface area contributed by atoms with Gasteiger partial charge in [0.15, 0.2) is 6.61 Å². The minimum absolute atomic E-state index is 0.00706. The molecule has 2 heterocycles. The molecule has 7 heteroatoms. The quantitative estimate of drug-likeness (QED) is 0.775. The number of nitrogens with one attached hydrogen (secondary N) is 1. The van der Waals surface area contributed by atoms with Gasteiger partial charge < -0.3 is 14.5 Å². The second kappa shape index (κ2) is 6.10. The predicted molar refractivity (Wildman–Crippen MR) is 79.4 cm³/mol. The lowest BCUT2D eigenvalue weighted by atomic mass is 10.2. The second-order valence-electron chi connectivity index (χ2n) is 4.41. The molecule has 3 rings (SSSR count). The molecule has 0 spiro atoms. The summed E-state index contributed by atoms with van der Waals surface area (Å²) in [4.78, 5) is 7.67. The highest BCUT2D eigenvalue weighted by Gasteiger charge is 2.12. The van der Waals surface area contributed by atoms with E-state index in [0.29, 0.717) is 23.9 Å². The first-order chi connectivity index (χ1) is 10.8. The van der Waals surface area contributed by atoms with Crippen LogP contribution in [0.4, 0.5) is 0 Å². The predicted octanol–water partition coefficient (Wildman–Crippen LogP) is 2.32. The van der Waals surface area contributed by atoms with E-state index in [1.54, 1.807) is 24.5 Å². The highest BCUT2D eigenvalue weighted by Crippen LogP contribution is 2.32. The van der Waals surface area contributed by atoms with Crippen LogP contribution < -0.4 is 9.47 Å². The fourth-order valence-electron chi connectivity index (χ4n) is 2.08. The Morgan fingerprint density at radius 3 is 2.86 bits per heavy atom. The van der Waals surface area contributed by atoms with Gasteiger partial charge in [0.2, 0.25) is 0 Å². The summed E-state index contributed by atoms with van der Waals surface area (Å²) in [5.74, 6) is 1.88. The summed E-state index contributed by atoms with van der Waals surface area (Å²) >= 11 is 0. The average Bonchev–Trinajstić information content (AvgIpc) is 2.97. The maximum absolute atomic E-state index is 8.58. The Kier molecular flexibility index (Phi) is 3.83. The standard InChI is InChI=1S/C15H13N5O2/c1-2-21-14-7-10(22-6-5-16)3-4-11(14)15-19-12-8-17-18-9-13(12)20-15/h3-4,7-9H,2,6H2,1H3,(H,19,20). The zero-order valence-electron chi connectivity index (χ0n) is 11.9. The van der Waals surface area contributed by atoms with E-state index in [-0.39, 0.29) is 6.61 Å². The number of fused-ring (bicyclic) bond motifs is 1. The molecule has 0 aliphatic heterocycles. The first kappa shape index (κ1) is 13.8. The largest absolute Gasteiger partial charge is 0.493 e. The molecule has 7 nitrogen and oxygen atoms in total. The van der Waals surface area contributed by atoms with E-state index in [9.17, 15) is 0 Å². The molecule has 0 amide bonds. The van der Waals surface area contributed by atoms with E-state index in [1.165, 1.54) is 0 Å². The van der Waals surface area contributed by atoms with E-state index >= 15 is 0 Å². The Hall–Kier alpha value is -3.14. The molecule has 0 radical (unpaired) electrons. The number of hydrogen-bond acceptors (Lipinski definition) is 6. The van der Waals surface area contributed by atoms with Gasteiger partial charge in [-0.15, -0.1) is 0 Å². The summed E-state index contributed by atoms with van der Waals surface area (Å²) in [5, 5.41) is 16.2. The van der Waals surface area contributed by atoms with Crippen LogP contribution in [-0.2, 0) is 0 Å². The minimum atomic E-state index is -0.00706. The Bertz CT molecular complexity index is 804. The zero-order chi connectivity index (χ0) is 15.4. The van der Waals surface area contributed by atoms with Crippen LogP contribution in [0.15, 0.2) is 30.6 Å². The number of hydrogen-bond donors (Lipinski definition) is 1. The number of nitrogens with zero attached hydrogens (tertiary/aromatic N) is 4. The third kappa shape index (κ3) is 2.67. The molecule has 3 aromatic rings. The summed E-state index contributed by atoms with van der Waals surface area (Å²) < 4.78 is 11.0. The van der Waals surface area contributed by atoms with Gasteiger partial charge in [-0.2, -0.15) is 15.5 Å². The number of imidazole rings is 1. The third-order valence-corrected chi connectivity index (χ3v) is 3.01. The SMILES string of the molecule is CCOc1cc(OCC#N)ccc1-c1nc2cnncc2[nH]1. The summed E-state index contributed by atoms with van der Waals surface area (Å²) in [6.45, 7) is 2.41. The number of nitriles is 1. The summed E-state index contributed by atoms with van der Waals surface area (Å²) in [6, 6.07) is 7.31. The molecule has 0 saturated heterocycles. The van der Waals surface area contributed by atoms with Crippen molar-refractivity contribution in [1.29, 1.82) is 5.26 Å². The van der Waals surface area contributed by atoms with E-state index in [0.717, 1.165) is 16.6 Å². The lowest BCUT2D eigenvalue weighted by Crippen LogP contribution is -1.98. The number of benzene rings is 1. The van der Waals surface area contributed by atoms with E-state index < -0.39 is 0 Å². The van der Waals surface area contributed by atoms with E-state index in [2.05, 4.69) is 20.2 Å². The van der Waals surface area contributed by atoms with Gasteiger partial charge in [0, 0.05) is 6.07 Å². The number of aromatic nitrogens is 4. The van der Waals surface area contributed by atoms with Gasteiger partial charge in [-0.3, -0.25) is 0 Å². The van der Waals surface area contributed by atoms with Gasteiger partial charge >= 0.3 is 0 Å². The van der Waals surface area contributed by atoms with Crippen molar-refractivity contribution in [2.24, 2.45) is 0 Å². The van der Waals surface area contributed by atoms with Crippen molar-refractivity contribution in [2.75, 3.05) is 13.2 Å². The zero-order valence-corrected chi connectivity index (χ0v) is 11.9. The van der Waals surface area contributed by atoms with Crippen LogP contribution >= 0.6 is 0 Å². The van der Waals surface area contributed by atoms with Crippen LogP contribution in [0.25, 0.3) is 22.4 Å². The average molecular weight is 295 g/mol.